The van der Waals surface area contributed by atoms with Crippen LogP contribution in [0.1, 0.15) is 32.1 Å². The van der Waals surface area contributed by atoms with Crippen molar-refractivity contribution in [1.29, 1.82) is 5.26 Å². The van der Waals surface area contributed by atoms with Gasteiger partial charge in [0.1, 0.15) is 5.82 Å². The number of fused-ring (bicyclic) bond motifs is 1. The molecule has 1 heterocycles. The molecule has 1 aromatic carbocycles. The van der Waals surface area contributed by atoms with E-state index in [1.807, 2.05) is 17.1 Å². The SMILES string of the molecule is N#CC1=CC=CC([C@]23CC[C@@H](N(CCN4CCNCC4)C(=O)Nc4ccc(F)c(Cl)c4)C[C@H]2C3)C1. The Balaban J connectivity index is 1.26. The van der Waals surface area contributed by atoms with E-state index < -0.39 is 5.82 Å². The summed E-state index contributed by atoms with van der Waals surface area (Å²) in [4.78, 5) is 17.9. The van der Waals surface area contributed by atoms with Gasteiger partial charge in [0.25, 0.3) is 0 Å². The molecule has 3 aliphatic carbocycles. The molecule has 0 aromatic heterocycles. The normalized spacial score (nSPS) is 30.1. The molecule has 2 saturated carbocycles. The molecule has 1 aromatic rings. The van der Waals surface area contributed by atoms with Gasteiger partial charge in [-0.15, -0.1) is 0 Å². The van der Waals surface area contributed by atoms with Crippen molar-refractivity contribution < 1.29 is 9.18 Å². The quantitative estimate of drug-likeness (QED) is 0.592. The number of carbonyl (C=O) groups is 1. The van der Waals surface area contributed by atoms with Crippen LogP contribution >= 0.6 is 11.6 Å². The van der Waals surface area contributed by atoms with Gasteiger partial charge < -0.3 is 15.5 Å². The highest BCUT2D eigenvalue weighted by atomic mass is 35.5. The number of carbonyl (C=O) groups excluding carboxylic acids is 1. The van der Waals surface area contributed by atoms with Gasteiger partial charge in [-0.3, -0.25) is 4.90 Å². The maximum absolute atomic E-state index is 13.6. The number of urea groups is 1. The number of benzene rings is 1. The van der Waals surface area contributed by atoms with Crippen molar-refractivity contribution in [3.8, 4) is 6.07 Å². The number of rotatable bonds is 6. The number of anilines is 1. The molecule has 6 nitrogen and oxygen atoms in total. The highest BCUT2D eigenvalue weighted by Crippen LogP contribution is 2.67. The van der Waals surface area contributed by atoms with E-state index in [2.05, 4.69) is 27.7 Å². The van der Waals surface area contributed by atoms with Gasteiger partial charge in [-0.1, -0.05) is 23.8 Å². The van der Waals surface area contributed by atoms with Gasteiger partial charge in [0.2, 0.25) is 0 Å². The number of halogens is 2. The highest BCUT2D eigenvalue weighted by Gasteiger charge is 2.60. The molecule has 8 heteroatoms. The standard InChI is InChI=1S/C27H33ClFN5O/c28-24-16-22(4-5-25(24)29)32-26(35)34(13-12-33-10-8-31-9-11-33)23-6-7-27(17-21(27)15-23)20-3-1-2-19(14-20)18-30/h1-5,16,20-21,23,31H,6-15,17H2,(H,32,35)/t20?,21-,23+,27+/m0/s1. The van der Waals surface area contributed by atoms with Crippen LogP contribution in [0.4, 0.5) is 14.9 Å². The second-order valence-electron chi connectivity index (χ2n) is 10.4. The second kappa shape index (κ2) is 10.3. The zero-order chi connectivity index (χ0) is 24.4. The zero-order valence-corrected chi connectivity index (χ0v) is 20.7. The third kappa shape index (κ3) is 5.25. The predicted octanol–water partition coefficient (Wildman–Crippen LogP) is 4.80. The molecule has 35 heavy (non-hydrogen) atoms. The van der Waals surface area contributed by atoms with Crippen molar-refractivity contribution in [3.63, 3.8) is 0 Å². The Morgan fingerprint density at radius 2 is 2.20 bits per heavy atom. The van der Waals surface area contributed by atoms with E-state index in [0.717, 1.165) is 64.0 Å². The van der Waals surface area contributed by atoms with Crippen LogP contribution in [0, 0.1) is 34.4 Å². The Bertz CT molecular complexity index is 1060. The van der Waals surface area contributed by atoms with E-state index in [4.69, 9.17) is 11.6 Å². The van der Waals surface area contributed by atoms with Crippen LogP contribution in [0.5, 0.6) is 0 Å². The number of nitrogens with zero attached hydrogens (tertiary/aromatic N) is 3. The van der Waals surface area contributed by atoms with E-state index in [-0.39, 0.29) is 22.5 Å². The fraction of sp³-hybridized carbons (Fsp3) is 0.556. The minimum atomic E-state index is -0.497. The van der Waals surface area contributed by atoms with Crippen molar-refractivity contribution >= 4 is 23.3 Å². The monoisotopic (exact) mass is 497 g/mol. The van der Waals surface area contributed by atoms with Gasteiger partial charge in [-0.25, -0.2) is 9.18 Å². The van der Waals surface area contributed by atoms with E-state index >= 15 is 0 Å². The summed E-state index contributed by atoms with van der Waals surface area (Å²) >= 11 is 5.94. The van der Waals surface area contributed by atoms with Crippen molar-refractivity contribution in [2.75, 3.05) is 44.6 Å². The molecule has 0 radical (unpaired) electrons. The molecule has 1 saturated heterocycles. The Morgan fingerprint density at radius 1 is 1.37 bits per heavy atom. The third-order valence-electron chi connectivity index (χ3n) is 8.48. The van der Waals surface area contributed by atoms with Crippen molar-refractivity contribution in [2.24, 2.45) is 17.3 Å². The van der Waals surface area contributed by atoms with E-state index in [0.29, 0.717) is 24.1 Å². The Labute approximate surface area is 211 Å². The summed E-state index contributed by atoms with van der Waals surface area (Å²) in [5.74, 6) is 0.519. The number of nitriles is 1. The molecule has 2 amide bonds. The number of hydrogen-bond donors (Lipinski definition) is 2. The lowest BCUT2D eigenvalue weighted by atomic mass is 9.73. The number of allylic oxidation sites excluding steroid dienone is 4. The third-order valence-corrected chi connectivity index (χ3v) is 8.77. The summed E-state index contributed by atoms with van der Waals surface area (Å²) in [7, 11) is 0. The first-order valence-electron chi connectivity index (χ1n) is 12.7. The average Bonchev–Trinajstić information content (AvgIpc) is 3.62. The summed E-state index contributed by atoms with van der Waals surface area (Å²) < 4.78 is 13.6. The minimum Gasteiger partial charge on any atom is -0.320 e. The molecule has 186 valence electrons. The molecule has 0 spiro atoms. The first-order chi connectivity index (χ1) is 17.0. The van der Waals surface area contributed by atoms with Crippen LogP contribution < -0.4 is 10.6 Å². The van der Waals surface area contributed by atoms with Crippen LogP contribution in [-0.4, -0.2) is 61.1 Å². The van der Waals surface area contributed by atoms with Gasteiger partial charge in [0.15, 0.2) is 0 Å². The number of nitrogens with one attached hydrogen (secondary N) is 2. The lowest BCUT2D eigenvalue weighted by Crippen LogP contribution is -2.51. The summed E-state index contributed by atoms with van der Waals surface area (Å²) in [5.41, 5.74) is 1.66. The lowest BCUT2D eigenvalue weighted by Gasteiger charge is -2.40. The summed E-state index contributed by atoms with van der Waals surface area (Å²) in [6, 6.07) is 6.66. The number of piperazine rings is 1. The maximum Gasteiger partial charge on any atom is 0.322 e. The van der Waals surface area contributed by atoms with Crippen molar-refractivity contribution in [1.82, 2.24) is 15.1 Å². The van der Waals surface area contributed by atoms with Gasteiger partial charge in [0, 0.05) is 56.6 Å². The fourth-order valence-corrected chi connectivity index (χ4v) is 6.57. The summed E-state index contributed by atoms with van der Waals surface area (Å²) in [6.07, 6.45) is 11.3. The smallest absolute Gasteiger partial charge is 0.320 e. The molecule has 2 N–H and O–H groups in total. The number of hydrogen-bond acceptors (Lipinski definition) is 4. The van der Waals surface area contributed by atoms with Crippen LogP contribution in [0.25, 0.3) is 0 Å². The summed E-state index contributed by atoms with van der Waals surface area (Å²) in [5, 5.41) is 15.7. The van der Waals surface area contributed by atoms with Gasteiger partial charge in [-0.2, -0.15) is 5.26 Å². The van der Waals surface area contributed by atoms with Gasteiger partial charge in [0.05, 0.1) is 11.1 Å². The van der Waals surface area contributed by atoms with Gasteiger partial charge in [-0.05, 0) is 73.6 Å². The van der Waals surface area contributed by atoms with Crippen LogP contribution in [-0.2, 0) is 0 Å². The Kier molecular flexibility index (Phi) is 7.15. The first kappa shape index (κ1) is 24.3. The molecular formula is C27H33ClFN5O. The Morgan fingerprint density at radius 3 is 2.94 bits per heavy atom. The molecule has 4 aliphatic rings. The summed E-state index contributed by atoms with van der Waals surface area (Å²) in [6.45, 7) is 5.43. The fourth-order valence-electron chi connectivity index (χ4n) is 6.39. The molecule has 3 fully saturated rings. The molecule has 5 rings (SSSR count). The highest BCUT2D eigenvalue weighted by molar-refractivity contribution is 6.31. The first-order valence-corrected chi connectivity index (χ1v) is 13.1. The van der Waals surface area contributed by atoms with Gasteiger partial charge >= 0.3 is 6.03 Å². The topological polar surface area (TPSA) is 71.4 Å². The molecular weight excluding hydrogens is 465 g/mol. The van der Waals surface area contributed by atoms with Crippen LogP contribution in [0.3, 0.4) is 0 Å². The van der Waals surface area contributed by atoms with Crippen LogP contribution in [0.15, 0.2) is 42.0 Å². The van der Waals surface area contributed by atoms with Crippen molar-refractivity contribution in [3.05, 3.63) is 52.8 Å². The molecule has 1 unspecified atom stereocenters. The lowest BCUT2D eigenvalue weighted by molar-refractivity contribution is 0.123. The molecule has 4 atom stereocenters. The van der Waals surface area contributed by atoms with Crippen molar-refractivity contribution in [2.45, 2.75) is 38.1 Å². The predicted molar refractivity (Wildman–Crippen MR) is 136 cm³/mol. The van der Waals surface area contributed by atoms with E-state index in [9.17, 15) is 14.4 Å². The second-order valence-corrected chi connectivity index (χ2v) is 10.8. The zero-order valence-electron chi connectivity index (χ0n) is 20.0. The van der Waals surface area contributed by atoms with E-state index in [1.54, 1.807) is 6.07 Å². The largest absolute Gasteiger partial charge is 0.322 e. The molecule has 1 aliphatic heterocycles. The Hall–Kier alpha value is -2.40. The maximum atomic E-state index is 13.6. The minimum absolute atomic E-state index is 0.00178. The van der Waals surface area contributed by atoms with Crippen LogP contribution in [0.2, 0.25) is 5.02 Å². The van der Waals surface area contributed by atoms with E-state index in [1.165, 1.54) is 18.6 Å². The molecule has 0 bridgehead atoms. The number of amides is 2. The average molecular weight is 498 g/mol.